The zero-order valence-electron chi connectivity index (χ0n) is 13.6. The van der Waals surface area contributed by atoms with Gasteiger partial charge in [-0.25, -0.2) is 4.98 Å². The third-order valence-electron chi connectivity index (χ3n) is 4.05. The quantitative estimate of drug-likeness (QED) is 0.562. The van der Waals surface area contributed by atoms with Crippen molar-refractivity contribution in [3.8, 4) is 11.5 Å². The predicted molar refractivity (Wildman–Crippen MR) is 99.6 cm³/mol. The number of aromatic nitrogens is 1. The molecule has 0 saturated heterocycles. The molecule has 3 aromatic heterocycles. The second-order valence-electron chi connectivity index (χ2n) is 5.76. The SMILES string of the molecule is C[C@@H](NC(=O)c1cc(-c2ccco2)nc2ccccc12)c1cccs1. The summed E-state index contributed by atoms with van der Waals surface area (Å²) in [7, 11) is 0. The number of hydrogen-bond acceptors (Lipinski definition) is 4. The number of carbonyl (C=O) groups excluding carboxylic acids is 1. The molecule has 4 aromatic rings. The molecule has 0 bridgehead atoms. The Labute approximate surface area is 149 Å². The third-order valence-corrected chi connectivity index (χ3v) is 5.11. The maximum atomic E-state index is 12.9. The fourth-order valence-electron chi connectivity index (χ4n) is 2.80. The van der Waals surface area contributed by atoms with E-state index in [0.29, 0.717) is 17.0 Å². The zero-order chi connectivity index (χ0) is 17.2. The molecule has 0 aliphatic carbocycles. The second-order valence-corrected chi connectivity index (χ2v) is 6.74. The van der Waals surface area contributed by atoms with Crippen LogP contribution in [0.4, 0.5) is 0 Å². The Balaban J connectivity index is 1.75. The maximum absolute atomic E-state index is 12.9. The van der Waals surface area contributed by atoms with Crippen LogP contribution >= 0.6 is 11.3 Å². The molecule has 4 nitrogen and oxygen atoms in total. The predicted octanol–water partition coefficient (Wildman–Crippen LogP) is 5.05. The van der Waals surface area contributed by atoms with Gasteiger partial charge in [-0.1, -0.05) is 24.3 Å². The first-order valence-corrected chi connectivity index (χ1v) is 8.88. The first kappa shape index (κ1) is 15.6. The van der Waals surface area contributed by atoms with Crippen LogP contribution in [-0.2, 0) is 0 Å². The van der Waals surface area contributed by atoms with E-state index in [1.54, 1.807) is 23.7 Å². The second kappa shape index (κ2) is 6.53. The van der Waals surface area contributed by atoms with E-state index in [9.17, 15) is 4.79 Å². The standard InChI is InChI=1S/C20H16N2O2S/c1-13(19-9-5-11-25-19)21-20(23)15-12-17(18-8-4-10-24-18)22-16-7-3-2-6-14(15)16/h2-13H,1H3,(H,21,23)/t13-/m1/s1. The van der Waals surface area contributed by atoms with Crippen LogP contribution < -0.4 is 5.32 Å². The summed E-state index contributed by atoms with van der Waals surface area (Å²) in [6.07, 6.45) is 1.60. The molecular weight excluding hydrogens is 332 g/mol. The van der Waals surface area contributed by atoms with Crippen LogP contribution in [0.5, 0.6) is 0 Å². The molecular formula is C20H16N2O2S. The first-order valence-electron chi connectivity index (χ1n) is 8.00. The minimum atomic E-state index is -0.118. The molecule has 5 heteroatoms. The Morgan fingerprint density at radius 3 is 2.80 bits per heavy atom. The van der Waals surface area contributed by atoms with Gasteiger partial charge >= 0.3 is 0 Å². The van der Waals surface area contributed by atoms with Gasteiger partial charge in [-0.2, -0.15) is 0 Å². The van der Waals surface area contributed by atoms with E-state index < -0.39 is 0 Å². The van der Waals surface area contributed by atoms with Crippen LogP contribution in [0.25, 0.3) is 22.4 Å². The normalized spacial score (nSPS) is 12.2. The van der Waals surface area contributed by atoms with Crippen molar-refractivity contribution >= 4 is 28.1 Å². The highest BCUT2D eigenvalue weighted by Crippen LogP contribution is 2.26. The highest BCUT2D eigenvalue weighted by molar-refractivity contribution is 7.10. The maximum Gasteiger partial charge on any atom is 0.252 e. The van der Waals surface area contributed by atoms with E-state index in [1.165, 1.54) is 0 Å². The molecule has 0 aliphatic heterocycles. The summed E-state index contributed by atoms with van der Waals surface area (Å²) in [6.45, 7) is 1.99. The number of benzene rings is 1. The third kappa shape index (κ3) is 3.06. The van der Waals surface area contributed by atoms with Gasteiger partial charge in [0.2, 0.25) is 0 Å². The van der Waals surface area contributed by atoms with Crippen molar-refractivity contribution in [3.05, 3.63) is 76.7 Å². The van der Waals surface area contributed by atoms with Gasteiger partial charge in [-0.15, -0.1) is 11.3 Å². The average molecular weight is 348 g/mol. The van der Waals surface area contributed by atoms with Gasteiger partial charge < -0.3 is 9.73 Å². The number of pyridine rings is 1. The summed E-state index contributed by atoms with van der Waals surface area (Å²) in [5, 5.41) is 5.91. The summed E-state index contributed by atoms with van der Waals surface area (Å²) in [5.74, 6) is 0.526. The van der Waals surface area contributed by atoms with Crippen molar-refractivity contribution < 1.29 is 9.21 Å². The van der Waals surface area contributed by atoms with Crippen LogP contribution in [0.15, 0.2) is 70.7 Å². The molecule has 0 saturated carbocycles. The number of carbonyl (C=O) groups is 1. The van der Waals surface area contributed by atoms with E-state index in [4.69, 9.17) is 4.42 Å². The lowest BCUT2D eigenvalue weighted by molar-refractivity contribution is 0.0942. The molecule has 1 amide bonds. The fraction of sp³-hybridized carbons (Fsp3) is 0.100. The minimum Gasteiger partial charge on any atom is -0.463 e. The molecule has 124 valence electrons. The van der Waals surface area contributed by atoms with Crippen LogP contribution in [0.1, 0.15) is 28.2 Å². The van der Waals surface area contributed by atoms with Crippen LogP contribution in [0.3, 0.4) is 0 Å². The fourth-order valence-corrected chi connectivity index (χ4v) is 3.53. The zero-order valence-corrected chi connectivity index (χ0v) is 14.4. The molecule has 1 atom stereocenters. The Bertz CT molecular complexity index is 1010. The van der Waals surface area contributed by atoms with Crippen LogP contribution in [0, 0.1) is 0 Å². The summed E-state index contributed by atoms with van der Waals surface area (Å²) < 4.78 is 5.45. The lowest BCUT2D eigenvalue weighted by Gasteiger charge is -2.14. The topological polar surface area (TPSA) is 55.1 Å². The Morgan fingerprint density at radius 2 is 2.04 bits per heavy atom. The van der Waals surface area contributed by atoms with Crippen LogP contribution in [0.2, 0.25) is 0 Å². The summed E-state index contributed by atoms with van der Waals surface area (Å²) in [4.78, 5) is 18.7. The van der Waals surface area contributed by atoms with E-state index in [1.807, 2.05) is 60.8 Å². The van der Waals surface area contributed by atoms with Crippen molar-refractivity contribution in [2.24, 2.45) is 0 Å². The summed E-state index contributed by atoms with van der Waals surface area (Å²) >= 11 is 1.63. The van der Waals surface area contributed by atoms with Gasteiger partial charge in [0, 0.05) is 10.3 Å². The number of hydrogen-bond donors (Lipinski definition) is 1. The molecule has 0 aliphatic rings. The van der Waals surface area contributed by atoms with Crippen LogP contribution in [-0.4, -0.2) is 10.9 Å². The van der Waals surface area contributed by atoms with Gasteiger partial charge in [0.05, 0.1) is 23.4 Å². The largest absolute Gasteiger partial charge is 0.463 e. The highest BCUT2D eigenvalue weighted by atomic mass is 32.1. The van der Waals surface area contributed by atoms with E-state index in [2.05, 4.69) is 10.3 Å². The number of nitrogens with zero attached hydrogens (tertiary/aromatic N) is 1. The van der Waals surface area contributed by atoms with Crippen molar-refractivity contribution in [1.82, 2.24) is 10.3 Å². The highest BCUT2D eigenvalue weighted by Gasteiger charge is 2.17. The summed E-state index contributed by atoms with van der Waals surface area (Å²) in [6, 6.07) is 17.0. The van der Waals surface area contributed by atoms with E-state index in [0.717, 1.165) is 15.8 Å². The molecule has 3 heterocycles. The lowest BCUT2D eigenvalue weighted by atomic mass is 10.1. The average Bonchev–Trinajstić information content (AvgIpc) is 3.34. The monoisotopic (exact) mass is 348 g/mol. The summed E-state index contributed by atoms with van der Waals surface area (Å²) in [5.41, 5.74) is 2.02. The number of fused-ring (bicyclic) bond motifs is 1. The first-order chi connectivity index (χ1) is 12.2. The molecule has 4 rings (SSSR count). The van der Waals surface area contributed by atoms with Gasteiger partial charge in [0.25, 0.3) is 5.91 Å². The van der Waals surface area contributed by atoms with Gasteiger partial charge in [-0.3, -0.25) is 4.79 Å². The number of nitrogens with one attached hydrogen (secondary N) is 1. The molecule has 0 fully saturated rings. The van der Waals surface area contributed by atoms with Gasteiger partial charge in [0.1, 0.15) is 5.69 Å². The smallest absolute Gasteiger partial charge is 0.252 e. The van der Waals surface area contributed by atoms with Gasteiger partial charge in [-0.05, 0) is 42.6 Å². The molecule has 25 heavy (non-hydrogen) atoms. The molecule has 1 N–H and O–H groups in total. The molecule has 0 spiro atoms. The van der Waals surface area contributed by atoms with Crippen molar-refractivity contribution in [2.45, 2.75) is 13.0 Å². The Morgan fingerprint density at radius 1 is 1.16 bits per heavy atom. The number of furan rings is 1. The van der Waals surface area contributed by atoms with Crippen molar-refractivity contribution in [2.75, 3.05) is 0 Å². The molecule has 0 radical (unpaired) electrons. The lowest BCUT2D eigenvalue weighted by Crippen LogP contribution is -2.26. The van der Waals surface area contributed by atoms with Gasteiger partial charge in [0.15, 0.2) is 5.76 Å². The molecule has 1 aromatic carbocycles. The number of thiophene rings is 1. The molecule has 0 unspecified atom stereocenters. The Hall–Kier alpha value is -2.92. The number of amides is 1. The van der Waals surface area contributed by atoms with E-state index >= 15 is 0 Å². The Kier molecular flexibility index (Phi) is 4.07. The van der Waals surface area contributed by atoms with Crippen molar-refractivity contribution in [1.29, 1.82) is 0 Å². The minimum absolute atomic E-state index is 0.0495. The van der Waals surface area contributed by atoms with E-state index in [-0.39, 0.29) is 11.9 Å². The number of para-hydroxylation sites is 1. The number of rotatable bonds is 4. The van der Waals surface area contributed by atoms with Crippen molar-refractivity contribution in [3.63, 3.8) is 0 Å².